The molecule has 0 spiro atoms. The van der Waals surface area contributed by atoms with Crippen molar-refractivity contribution in [2.75, 3.05) is 20.2 Å². The molecule has 1 aliphatic rings. The molecule has 0 N–H and O–H groups in total. The van der Waals surface area contributed by atoms with Crippen molar-refractivity contribution in [3.05, 3.63) is 52.5 Å². The van der Waals surface area contributed by atoms with Crippen LogP contribution in [0.1, 0.15) is 30.2 Å². The van der Waals surface area contributed by atoms with Crippen LogP contribution in [0.5, 0.6) is 5.75 Å². The van der Waals surface area contributed by atoms with Crippen LogP contribution < -0.4 is 4.74 Å². The molecule has 1 amide bonds. The lowest BCUT2D eigenvalue weighted by Crippen LogP contribution is -2.40. The van der Waals surface area contributed by atoms with Crippen LogP contribution in [0.15, 0.2) is 45.5 Å². The summed E-state index contributed by atoms with van der Waals surface area (Å²) in [4.78, 5) is 14.7. The van der Waals surface area contributed by atoms with Crippen molar-refractivity contribution < 1.29 is 13.9 Å². The number of benzene rings is 1. The Balaban J connectivity index is 1.42. The number of methoxy groups -OCH3 is 1. The summed E-state index contributed by atoms with van der Waals surface area (Å²) in [5.41, 5.74) is 1.90. The Labute approximate surface area is 161 Å². The van der Waals surface area contributed by atoms with Crippen LogP contribution in [0.2, 0.25) is 0 Å². The molecule has 7 heteroatoms. The van der Waals surface area contributed by atoms with Crippen LogP contribution in [-0.2, 0) is 11.2 Å². The Morgan fingerprint density at radius 1 is 1.37 bits per heavy atom. The second-order valence-electron chi connectivity index (χ2n) is 6.66. The molecule has 1 aromatic carbocycles. The van der Waals surface area contributed by atoms with Gasteiger partial charge in [0.2, 0.25) is 17.7 Å². The third kappa shape index (κ3) is 4.03. The lowest BCUT2D eigenvalue weighted by molar-refractivity contribution is -0.131. The molecule has 1 fully saturated rings. The SMILES string of the molecule is COc1cccc(CC(=O)N2CCCC(c3nnc(-c4ccsc4)o3)C2)c1. The summed E-state index contributed by atoms with van der Waals surface area (Å²) in [7, 11) is 1.63. The van der Waals surface area contributed by atoms with Crippen molar-refractivity contribution in [3.63, 3.8) is 0 Å². The molecule has 1 atom stereocenters. The second kappa shape index (κ2) is 7.92. The zero-order chi connectivity index (χ0) is 18.6. The third-order valence-electron chi connectivity index (χ3n) is 4.82. The summed E-state index contributed by atoms with van der Waals surface area (Å²) in [6.45, 7) is 1.39. The molecule has 1 unspecified atom stereocenters. The van der Waals surface area contributed by atoms with E-state index in [-0.39, 0.29) is 11.8 Å². The first-order chi connectivity index (χ1) is 13.2. The molecule has 0 saturated carbocycles. The van der Waals surface area contributed by atoms with Gasteiger partial charge in [-0.3, -0.25) is 4.79 Å². The largest absolute Gasteiger partial charge is 0.497 e. The second-order valence-corrected chi connectivity index (χ2v) is 7.44. The Hall–Kier alpha value is -2.67. The minimum absolute atomic E-state index is 0.0906. The van der Waals surface area contributed by atoms with Crippen molar-refractivity contribution in [2.45, 2.75) is 25.2 Å². The lowest BCUT2D eigenvalue weighted by Gasteiger charge is -2.31. The Bertz CT molecular complexity index is 907. The molecule has 0 aliphatic carbocycles. The van der Waals surface area contributed by atoms with Gasteiger partial charge >= 0.3 is 0 Å². The van der Waals surface area contributed by atoms with Crippen LogP contribution in [0.25, 0.3) is 11.5 Å². The average Bonchev–Trinajstić information content (AvgIpc) is 3.40. The highest BCUT2D eigenvalue weighted by Crippen LogP contribution is 2.29. The normalized spacial score (nSPS) is 17.1. The van der Waals surface area contributed by atoms with Gasteiger partial charge in [-0.2, -0.15) is 11.3 Å². The van der Waals surface area contributed by atoms with Crippen molar-refractivity contribution in [1.29, 1.82) is 0 Å². The number of carbonyl (C=O) groups excluding carboxylic acids is 1. The summed E-state index contributed by atoms with van der Waals surface area (Å²) in [6, 6.07) is 9.61. The van der Waals surface area contributed by atoms with Crippen LogP contribution in [0.3, 0.4) is 0 Å². The zero-order valence-electron chi connectivity index (χ0n) is 15.1. The number of amides is 1. The van der Waals surface area contributed by atoms with Crippen LogP contribution in [0.4, 0.5) is 0 Å². The number of piperidine rings is 1. The van der Waals surface area contributed by atoms with E-state index in [2.05, 4.69) is 10.2 Å². The highest BCUT2D eigenvalue weighted by molar-refractivity contribution is 7.08. The van der Waals surface area contributed by atoms with Crippen molar-refractivity contribution in [2.24, 2.45) is 0 Å². The number of rotatable bonds is 5. The minimum atomic E-state index is 0.0906. The van der Waals surface area contributed by atoms with Gasteiger partial charge in [-0.1, -0.05) is 12.1 Å². The fourth-order valence-corrected chi connectivity index (χ4v) is 4.01. The number of nitrogens with zero attached hydrogens (tertiary/aromatic N) is 3. The van der Waals surface area contributed by atoms with Crippen LogP contribution >= 0.6 is 11.3 Å². The maximum Gasteiger partial charge on any atom is 0.248 e. The summed E-state index contributed by atoms with van der Waals surface area (Å²) in [5.74, 6) is 2.14. The summed E-state index contributed by atoms with van der Waals surface area (Å²) < 4.78 is 11.1. The molecule has 0 bridgehead atoms. The van der Waals surface area contributed by atoms with E-state index >= 15 is 0 Å². The average molecular weight is 383 g/mol. The standard InChI is InChI=1S/C20H21N3O3S/c1-25-17-6-2-4-14(10-17)11-18(24)23-8-3-5-15(12-23)19-21-22-20(26-19)16-7-9-27-13-16/h2,4,6-7,9-10,13,15H,3,5,8,11-12H2,1H3. The highest BCUT2D eigenvalue weighted by Gasteiger charge is 2.28. The van der Waals surface area contributed by atoms with E-state index in [1.807, 2.05) is 46.0 Å². The van der Waals surface area contributed by atoms with Crippen LogP contribution in [0, 0.1) is 0 Å². The number of aromatic nitrogens is 2. The van der Waals surface area contributed by atoms with Crippen molar-refractivity contribution in [1.82, 2.24) is 15.1 Å². The van der Waals surface area contributed by atoms with E-state index < -0.39 is 0 Å². The molecule has 2 aromatic heterocycles. The summed E-state index contributed by atoms with van der Waals surface area (Å²) >= 11 is 1.60. The summed E-state index contributed by atoms with van der Waals surface area (Å²) in [5, 5.41) is 12.4. The van der Waals surface area contributed by atoms with E-state index in [0.717, 1.165) is 36.3 Å². The van der Waals surface area contributed by atoms with Gasteiger partial charge in [-0.15, -0.1) is 10.2 Å². The first-order valence-corrected chi connectivity index (χ1v) is 9.94. The molecule has 3 heterocycles. The zero-order valence-corrected chi connectivity index (χ0v) is 15.9. The van der Waals surface area contributed by atoms with E-state index in [4.69, 9.17) is 9.15 Å². The topological polar surface area (TPSA) is 68.5 Å². The summed E-state index contributed by atoms with van der Waals surface area (Å²) in [6.07, 6.45) is 2.26. The van der Waals surface area contributed by atoms with Gasteiger partial charge in [0.25, 0.3) is 0 Å². The Kier molecular flexibility index (Phi) is 5.20. The molecular weight excluding hydrogens is 362 g/mol. The van der Waals surface area contributed by atoms with Crippen LogP contribution in [-0.4, -0.2) is 41.2 Å². The molecule has 27 heavy (non-hydrogen) atoms. The molecule has 4 rings (SSSR count). The number of ether oxygens (including phenoxy) is 1. The third-order valence-corrected chi connectivity index (χ3v) is 5.50. The van der Waals surface area contributed by atoms with Gasteiger partial charge in [0.1, 0.15) is 5.75 Å². The van der Waals surface area contributed by atoms with Gasteiger partial charge in [0.05, 0.1) is 19.4 Å². The predicted octanol–water partition coefficient (Wildman–Crippen LogP) is 3.76. The number of thiophene rings is 1. The maximum absolute atomic E-state index is 12.8. The van der Waals surface area contributed by atoms with Crippen molar-refractivity contribution in [3.8, 4) is 17.2 Å². The molecule has 3 aromatic rings. The highest BCUT2D eigenvalue weighted by atomic mass is 32.1. The first kappa shape index (κ1) is 17.7. The van der Waals surface area contributed by atoms with E-state index in [1.165, 1.54) is 0 Å². The monoisotopic (exact) mass is 383 g/mol. The van der Waals surface area contributed by atoms with Gasteiger partial charge < -0.3 is 14.1 Å². The fourth-order valence-electron chi connectivity index (χ4n) is 3.38. The molecular formula is C20H21N3O3S. The minimum Gasteiger partial charge on any atom is -0.497 e. The van der Waals surface area contributed by atoms with E-state index in [1.54, 1.807) is 18.4 Å². The molecule has 140 valence electrons. The van der Waals surface area contributed by atoms with Gasteiger partial charge in [-0.05, 0) is 42.0 Å². The maximum atomic E-state index is 12.8. The van der Waals surface area contributed by atoms with E-state index in [0.29, 0.717) is 24.7 Å². The first-order valence-electron chi connectivity index (χ1n) is 8.99. The number of carbonyl (C=O) groups is 1. The van der Waals surface area contributed by atoms with Gasteiger partial charge in [-0.25, -0.2) is 0 Å². The molecule has 1 saturated heterocycles. The number of hydrogen-bond acceptors (Lipinski definition) is 6. The van der Waals surface area contributed by atoms with Gasteiger partial charge in [0.15, 0.2) is 0 Å². The van der Waals surface area contributed by atoms with Crippen molar-refractivity contribution >= 4 is 17.2 Å². The molecule has 1 aliphatic heterocycles. The van der Waals surface area contributed by atoms with Gasteiger partial charge in [0, 0.05) is 24.0 Å². The van der Waals surface area contributed by atoms with E-state index in [9.17, 15) is 4.79 Å². The predicted molar refractivity (Wildman–Crippen MR) is 103 cm³/mol. The molecule has 0 radical (unpaired) electrons. The lowest BCUT2D eigenvalue weighted by atomic mass is 9.97. The fraction of sp³-hybridized carbons (Fsp3) is 0.350. The Morgan fingerprint density at radius 2 is 2.30 bits per heavy atom. The smallest absolute Gasteiger partial charge is 0.248 e. The number of hydrogen-bond donors (Lipinski definition) is 0. The quantitative estimate of drug-likeness (QED) is 0.671. The number of likely N-dealkylation sites (tertiary alicyclic amines) is 1. The molecule has 6 nitrogen and oxygen atoms in total. The Morgan fingerprint density at radius 3 is 3.11 bits per heavy atom.